The molecule has 0 spiro atoms. The third kappa shape index (κ3) is 7.26. The summed E-state index contributed by atoms with van der Waals surface area (Å²) in [5, 5.41) is 19.8. The van der Waals surface area contributed by atoms with E-state index in [-0.39, 0.29) is 0 Å². The van der Waals surface area contributed by atoms with E-state index in [1.165, 1.54) is 5.39 Å². The molecule has 0 radical (unpaired) electrons. The summed E-state index contributed by atoms with van der Waals surface area (Å²) in [6, 6.07) is 97.0. The predicted octanol–water partition coefficient (Wildman–Crippen LogP) is 19.4. The van der Waals surface area contributed by atoms with Gasteiger partial charge in [0.15, 0.2) is 23.2 Å². The highest BCUT2D eigenvalue weighted by molar-refractivity contribution is 6.28. The first-order chi connectivity index (χ1) is 42.6. The molecule has 0 aliphatic rings. The first kappa shape index (κ1) is 48.5. The number of rotatable bonds is 8. The van der Waals surface area contributed by atoms with Crippen molar-refractivity contribution in [3.05, 3.63) is 290 Å². The molecule has 398 valence electrons. The second-order valence-corrected chi connectivity index (χ2v) is 21.7. The zero-order valence-corrected chi connectivity index (χ0v) is 46.0. The van der Waals surface area contributed by atoms with Crippen molar-refractivity contribution in [1.29, 1.82) is 5.26 Å². The fourth-order valence-corrected chi connectivity index (χ4v) is 13.4. The molecule has 9 nitrogen and oxygen atoms in total. The van der Waals surface area contributed by atoms with Crippen LogP contribution in [0.5, 0.6) is 0 Å². The second kappa shape index (κ2) is 19.2. The van der Waals surface area contributed by atoms with Gasteiger partial charge in [0.05, 0.1) is 73.7 Å². The number of nitrogens with zero attached hydrogens (tertiary/aromatic N) is 9. The maximum absolute atomic E-state index is 10.8. The van der Waals surface area contributed by atoms with Crippen molar-refractivity contribution < 1.29 is 0 Å². The number of para-hydroxylation sites is 7. The standard InChI is InChI=1S/C77H45N9/c1-79-62-32-16-11-27-53(62)50-38-42-67(85-65-35-19-14-30-58(65)71-68(85)43-40-56-54-28-12-17-33-63(54)83(73(56)71)51-23-7-3-8-24-51)61(46-50)77-81-75(49-21-5-2-6-22-49)80-76(82-77)60-39-37-48(47-78)45-70(60)86-66-36-20-15-31-59(66)72-69(86)44-41-57-55-29-13-18-34-64(55)84(74(57)72)52-25-9-4-10-26-52/h2-46H. The number of hydrogen-bond acceptors (Lipinski definition) is 4. The Labute approximate surface area is 492 Å². The molecule has 0 aliphatic heterocycles. The molecule has 0 amide bonds. The van der Waals surface area contributed by atoms with Crippen molar-refractivity contribution in [2.24, 2.45) is 0 Å². The van der Waals surface area contributed by atoms with E-state index < -0.39 is 0 Å². The van der Waals surface area contributed by atoms with E-state index >= 15 is 0 Å². The van der Waals surface area contributed by atoms with Gasteiger partial charge in [0, 0.05) is 71.2 Å². The first-order valence-electron chi connectivity index (χ1n) is 28.6. The van der Waals surface area contributed by atoms with E-state index in [1.54, 1.807) is 0 Å². The minimum Gasteiger partial charge on any atom is -0.309 e. The Morgan fingerprint density at radius 2 is 0.791 bits per heavy atom. The van der Waals surface area contributed by atoms with Gasteiger partial charge in [-0.15, -0.1) is 0 Å². The summed E-state index contributed by atoms with van der Waals surface area (Å²) < 4.78 is 9.41. The molecule has 0 unspecified atom stereocenters. The lowest BCUT2D eigenvalue weighted by molar-refractivity contribution is 1.06. The molecular formula is C77H45N9. The van der Waals surface area contributed by atoms with Gasteiger partial charge in [-0.1, -0.05) is 182 Å². The van der Waals surface area contributed by atoms with Gasteiger partial charge in [0.1, 0.15) is 0 Å². The summed E-state index contributed by atoms with van der Waals surface area (Å²) in [4.78, 5) is 20.6. The summed E-state index contributed by atoms with van der Waals surface area (Å²) in [5.74, 6) is 1.34. The molecule has 5 heterocycles. The molecule has 12 aromatic carbocycles. The predicted molar refractivity (Wildman–Crippen MR) is 350 cm³/mol. The van der Waals surface area contributed by atoms with Crippen LogP contribution >= 0.6 is 0 Å². The van der Waals surface area contributed by atoms with Crippen LogP contribution in [-0.2, 0) is 0 Å². The molecule has 0 bridgehead atoms. The van der Waals surface area contributed by atoms with Crippen LogP contribution < -0.4 is 0 Å². The van der Waals surface area contributed by atoms with Crippen molar-refractivity contribution in [2.75, 3.05) is 0 Å². The Balaban J connectivity index is 0.967. The summed E-state index contributed by atoms with van der Waals surface area (Å²) >= 11 is 0. The van der Waals surface area contributed by atoms with Crippen LogP contribution in [0.4, 0.5) is 5.69 Å². The van der Waals surface area contributed by atoms with Crippen LogP contribution in [0, 0.1) is 17.9 Å². The zero-order valence-electron chi connectivity index (χ0n) is 46.0. The molecule has 0 N–H and O–H groups in total. The van der Waals surface area contributed by atoms with E-state index in [0.717, 1.165) is 127 Å². The molecule has 9 heteroatoms. The Morgan fingerprint density at radius 1 is 0.326 bits per heavy atom. The lowest BCUT2D eigenvalue weighted by Crippen LogP contribution is -2.06. The van der Waals surface area contributed by atoms with Gasteiger partial charge < -0.3 is 18.3 Å². The normalized spacial score (nSPS) is 11.7. The topological polar surface area (TPSA) is 86.5 Å². The fraction of sp³-hybridized carbons (Fsp3) is 0. The number of hydrogen-bond donors (Lipinski definition) is 0. The molecule has 0 aliphatic carbocycles. The lowest BCUT2D eigenvalue weighted by atomic mass is 9.99. The van der Waals surface area contributed by atoms with E-state index in [2.05, 4.69) is 229 Å². The van der Waals surface area contributed by atoms with E-state index in [1.807, 2.05) is 72.8 Å². The molecule has 17 aromatic rings. The second-order valence-electron chi connectivity index (χ2n) is 21.7. The molecular weight excluding hydrogens is 1050 g/mol. The quantitative estimate of drug-likeness (QED) is 0.142. The smallest absolute Gasteiger partial charge is 0.194 e. The largest absolute Gasteiger partial charge is 0.309 e. The molecule has 0 fully saturated rings. The maximum atomic E-state index is 10.8. The van der Waals surface area contributed by atoms with E-state index in [9.17, 15) is 5.26 Å². The van der Waals surface area contributed by atoms with Crippen LogP contribution in [0.1, 0.15) is 5.56 Å². The summed E-state index contributed by atoms with van der Waals surface area (Å²) in [5.41, 5.74) is 17.0. The fourth-order valence-electron chi connectivity index (χ4n) is 13.4. The maximum Gasteiger partial charge on any atom is 0.194 e. The van der Waals surface area contributed by atoms with E-state index in [4.69, 9.17) is 21.5 Å². The summed E-state index contributed by atoms with van der Waals surface area (Å²) in [6.45, 7) is 8.31. The van der Waals surface area contributed by atoms with Crippen LogP contribution in [0.25, 0.3) is 160 Å². The molecule has 86 heavy (non-hydrogen) atoms. The highest BCUT2D eigenvalue weighted by atomic mass is 15.1. The van der Waals surface area contributed by atoms with Crippen molar-refractivity contribution in [3.8, 4) is 74.1 Å². The van der Waals surface area contributed by atoms with Crippen LogP contribution in [0.3, 0.4) is 0 Å². The number of nitriles is 1. The summed E-state index contributed by atoms with van der Waals surface area (Å²) in [7, 11) is 0. The van der Waals surface area contributed by atoms with Gasteiger partial charge in [-0.2, -0.15) is 5.26 Å². The minimum atomic E-state index is 0.424. The SMILES string of the molecule is [C-]#[N+]c1ccccc1-c1ccc(-n2c3ccccc3c3c2ccc2c4ccccc4n(-c4ccccc4)c23)c(-c2nc(-c3ccccc3)nc(-c3ccc(C#N)cc3-n3c4ccccc4c4c3ccc3c5ccccc5n(-c5ccccc5)c34)n2)c1. The molecule has 0 saturated carbocycles. The molecule has 0 atom stereocenters. The molecule has 5 aromatic heterocycles. The first-order valence-corrected chi connectivity index (χ1v) is 28.6. The summed E-state index contributed by atoms with van der Waals surface area (Å²) in [6.07, 6.45) is 0. The van der Waals surface area contributed by atoms with Gasteiger partial charge in [0.2, 0.25) is 0 Å². The highest BCUT2D eigenvalue weighted by Gasteiger charge is 2.27. The molecule has 0 saturated heterocycles. The Morgan fingerprint density at radius 3 is 1.35 bits per heavy atom. The van der Waals surface area contributed by atoms with Crippen LogP contribution in [0.15, 0.2) is 273 Å². The lowest BCUT2D eigenvalue weighted by Gasteiger charge is -2.18. The third-order valence-corrected chi connectivity index (χ3v) is 17.1. The van der Waals surface area contributed by atoms with Crippen molar-refractivity contribution in [2.45, 2.75) is 0 Å². The average Bonchev–Trinajstić information content (AvgIpc) is 1.69. The zero-order chi connectivity index (χ0) is 57.0. The van der Waals surface area contributed by atoms with Gasteiger partial charge >= 0.3 is 0 Å². The van der Waals surface area contributed by atoms with Crippen LogP contribution in [-0.4, -0.2) is 33.2 Å². The van der Waals surface area contributed by atoms with Gasteiger partial charge in [-0.25, -0.2) is 19.8 Å². The minimum absolute atomic E-state index is 0.424. The molecule has 17 rings (SSSR count). The highest BCUT2D eigenvalue weighted by Crippen LogP contribution is 2.47. The van der Waals surface area contributed by atoms with Crippen molar-refractivity contribution in [3.63, 3.8) is 0 Å². The van der Waals surface area contributed by atoms with Gasteiger partial charge in [-0.3, -0.25) is 0 Å². The Hall–Kier alpha value is -12.2. The Kier molecular flexibility index (Phi) is 10.8. The van der Waals surface area contributed by atoms with E-state index in [0.29, 0.717) is 34.3 Å². The number of aromatic nitrogens is 7. The number of benzene rings is 12. The third-order valence-electron chi connectivity index (χ3n) is 17.1. The monoisotopic (exact) mass is 1100 g/mol. The number of fused-ring (bicyclic) bond motifs is 14. The van der Waals surface area contributed by atoms with Gasteiger partial charge in [0.25, 0.3) is 0 Å². The van der Waals surface area contributed by atoms with Crippen LogP contribution in [0.2, 0.25) is 0 Å². The average molecular weight is 1100 g/mol. The van der Waals surface area contributed by atoms with Gasteiger partial charge in [-0.05, 0) is 102 Å². The van der Waals surface area contributed by atoms with Crippen molar-refractivity contribution in [1.82, 2.24) is 33.2 Å². The van der Waals surface area contributed by atoms with Crippen molar-refractivity contribution >= 4 is 92.9 Å². The Bertz CT molecular complexity index is 5740.